The lowest BCUT2D eigenvalue weighted by Crippen LogP contribution is -2.39. The van der Waals surface area contributed by atoms with Gasteiger partial charge in [0.1, 0.15) is 0 Å². The molecular formula is C16H22ClN3O3. The van der Waals surface area contributed by atoms with E-state index in [1.54, 1.807) is 18.2 Å². The second kappa shape index (κ2) is 8.86. The van der Waals surface area contributed by atoms with E-state index < -0.39 is 11.8 Å². The molecule has 126 valence electrons. The first-order valence-electron chi connectivity index (χ1n) is 7.71. The number of carbonyl (C=O) groups excluding carboxylic acids is 2. The first-order chi connectivity index (χ1) is 11.1. The number of amides is 2. The molecule has 2 rings (SSSR count). The van der Waals surface area contributed by atoms with Crippen molar-refractivity contribution < 1.29 is 14.3 Å². The highest BCUT2D eigenvalue weighted by atomic mass is 35.5. The number of aryl methyl sites for hydroxylation is 1. The molecule has 0 aliphatic carbocycles. The molecule has 6 nitrogen and oxygen atoms in total. The summed E-state index contributed by atoms with van der Waals surface area (Å²) in [4.78, 5) is 25.9. The van der Waals surface area contributed by atoms with Crippen molar-refractivity contribution in [1.29, 1.82) is 0 Å². The van der Waals surface area contributed by atoms with E-state index in [2.05, 4.69) is 15.5 Å². The predicted octanol–water partition coefficient (Wildman–Crippen LogP) is 1.43. The van der Waals surface area contributed by atoms with Gasteiger partial charge in [-0.1, -0.05) is 17.7 Å². The van der Waals surface area contributed by atoms with Crippen LogP contribution in [0.1, 0.15) is 12.0 Å². The lowest BCUT2D eigenvalue weighted by atomic mass is 10.2. The smallest absolute Gasteiger partial charge is 0.313 e. The predicted molar refractivity (Wildman–Crippen MR) is 89.7 cm³/mol. The highest BCUT2D eigenvalue weighted by Gasteiger charge is 2.14. The van der Waals surface area contributed by atoms with E-state index >= 15 is 0 Å². The first kappa shape index (κ1) is 17.7. The molecule has 0 radical (unpaired) electrons. The van der Waals surface area contributed by atoms with Gasteiger partial charge in [-0.15, -0.1) is 0 Å². The zero-order valence-corrected chi connectivity index (χ0v) is 14.0. The minimum atomic E-state index is -0.684. The number of ether oxygens (including phenoxy) is 1. The van der Waals surface area contributed by atoms with Gasteiger partial charge in [-0.05, 0) is 37.6 Å². The number of nitrogens with one attached hydrogen (secondary N) is 2. The number of anilines is 1. The molecule has 1 aliphatic rings. The van der Waals surface area contributed by atoms with Crippen molar-refractivity contribution >= 4 is 29.1 Å². The number of hydrogen-bond donors (Lipinski definition) is 2. The summed E-state index contributed by atoms with van der Waals surface area (Å²) in [6, 6.07) is 5.13. The summed E-state index contributed by atoms with van der Waals surface area (Å²) in [5.41, 5.74) is 1.42. The Balaban J connectivity index is 1.68. The zero-order valence-electron chi connectivity index (χ0n) is 13.2. The fraction of sp³-hybridized carbons (Fsp3) is 0.500. The van der Waals surface area contributed by atoms with Crippen LogP contribution in [-0.2, 0) is 14.3 Å². The zero-order chi connectivity index (χ0) is 16.7. The van der Waals surface area contributed by atoms with Gasteiger partial charge in [-0.2, -0.15) is 0 Å². The molecule has 1 aliphatic heterocycles. The first-order valence-corrected chi connectivity index (χ1v) is 8.09. The Kier molecular flexibility index (Phi) is 6.83. The number of halogens is 1. The van der Waals surface area contributed by atoms with E-state index in [1.165, 1.54) is 0 Å². The van der Waals surface area contributed by atoms with Crippen LogP contribution >= 0.6 is 11.6 Å². The van der Waals surface area contributed by atoms with Crippen molar-refractivity contribution in [1.82, 2.24) is 10.2 Å². The fourth-order valence-electron chi connectivity index (χ4n) is 2.27. The van der Waals surface area contributed by atoms with Gasteiger partial charge in [0, 0.05) is 30.3 Å². The molecule has 1 heterocycles. The minimum Gasteiger partial charge on any atom is -0.379 e. The highest BCUT2D eigenvalue weighted by Crippen LogP contribution is 2.19. The Hall–Kier alpha value is -1.63. The molecule has 1 saturated heterocycles. The monoisotopic (exact) mass is 339 g/mol. The largest absolute Gasteiger partial charge is 0.379 e. The van der Waals surface area contributed by atoms with E-state index in [0.29, 0.717) is 17.3 Å². The fourth-order valence-corrected chi connectivity index (χ4v) is 2.45. The topological polar surface area (TPSA) is 70.7 Å². The lowest BCUT2D eigenvalue weighted by Gasteiger charge is -2.26. The average molecular weight is 340 g/mol. The normalized spacial score (nSPS) is 15.2. The van der Waals surface area contributed by atoms with Gasteiger partial charge in [0.05, 0.1) is 13.2 Å². The molecule has 1 aromatic carbocycles. The average Bonchev–Trinajstić information content (AvgIpc) is 2.55. The summed E-state index contributed by atoms with van der Waals surface area (Å²) in [5, 5.41) is 5.71. The molecule has 2 amide bonds. The second-order valence-corrected chi connectivity index (χ2v) is 5.89. The van der Waals surface area contributed by atoms with Crippen LogP contribution in [-0.4, -0.2) is 56.1 Å². The van der Waals surface area contributed by atoms with Gasteiger partial charge >= 0.3 is 11.8 Å². The third kappa shape index (κ3) is 5.82. The standard InChI is InChI=1S/C16H22ClN3O3/c1-12-3-4-13(11-14(12)17)19-16(22)15(21)18-5-2-6-20-7-9-23-10-8-20/h3-4,11H,2,5-10H2,1H3,(H,18,21)(H,19,22). The van der Waals surface area contributed by atoms with Crippen LogP contribution in [0.4, 0.5) is 5.69 Å². The van der Waals surface area contributed by atoms with E-state index in [0.717, 1.165) is 44.8 Å². The molecule has 0 bridgehead atoms. The van der Waals surface area contributed by atoms with Crippen LogP contribution in [0.5, 0.6) is 0 Å². The number of rotatable bonds is 5. The van der Waals surface area contributed by atoms with E-state index in [1.807, 2.05) is 6.92 Å². The van der Waals surface area contributed by atoms with Crippen LogP contribution in [0.25, 0.3) is 0 Å². The highest BCUT2D eigenvalue weighted by molar-refractivity contribution is 6.39. The Morgan fingerprint density at radius 3 is 2.70 bits per heavy atom. The van der Waals surface area contributed by atoms with Crippen molar-refractivity contribution in [2.45, 2.75) is 13.3 Å². The number of nitrogens with zero attached hydrogens (tertiary/aromatic N) is 1. The number of hydrogen-bond acceptors (Lipinski definition) is 4. The molecule has 1 aromatic rings. The summed E-state index contributed by atoms with van der Waals surface area (Å²) in [5.74, 6) is -1.32. The quantitative estimate of drug-likeness (QED) is 0.629. The molecule has 23 heavy (non-hydrogen) atoms. The number of carbonyl (C=O) groups is 2. The van der Waals surface area contributed by atoms with Crippen molar-refractivity contribution in [3.05, 3.63) is 28.8 Å². The van der Waals surface area contributed by atoms with Crippen molar-refractivity contribution in [2.24, 2.45) is 0 Å². The van der Waals surface area contributed by atoms with Gasteiger partial charge in [0.2, 0.25) is 0 Å². The maximum Gasteiger partial charge on any atom is 0.313 e. The number of benzene rings is 1. The van der Waals surface area contributed by atoms with Crippen LogP contribution in [0.3, 0.4) is 0 Å². The Bertz CT molecular complexity index is 560. The van der Waals surface area contributed by atoms with Crippen molar-refractivity contribution in [3.63, 3.8) is 0 Å². The van der Waals surface area contributed by atoms with Crippen molar-refractivity contribution in [2.75, 3.05) is 44.7 Å². The molecule has 2 N–H and O–H groups in total. The summed E-state index contributed by atoms with van der Waals surface area (Å²) in [6.07, 6.45) is 0.801. The molecule has 0 spiro atoms. The Morgan fingerprint density at radius 2 is 2.00 bits per heavy atom. The van der Waals surface area contributed by atoms with E-state index in [-0.39, 0.29) is 0 Å². The summed E-state index contributed by atoms with van der Waals surface area (Å²) in [7, 11) is 0. The molecule has 7 heteroatoms. The van der Waals surface area contributed by atoms with Gasteiger partial charge in [-0.3, -0.25) is 14.5 Å². The summed E-state index contributed by atoms with van der Waals surface area (Å²) >= 11 is 5.99. The second-order valence-electron chi connectivity index (χ2n) is 5.48. The molecule has 0 atom stereocenters. The third-order valence-corrected chi connectivity index (χ3v) is 4.08. The van der Waals surface area contributed by atoms with E-state index in [9.17, 15) is 9.59 Å². The SMILES string of the molecule is Cc1ccc(NC(=O)C(=O)NCCCN2CCOCC2)cc1Cl. The maximum atomic E-state index is 11.8. The van der Waals surface area contributed by atoms with Gasteiger partial charge in [-0.25, -0.2) is 0 Å². The van der Waals surface area contributed by atoms with E-state index in [4.69, 9.17) is 16.3 Å². The molecule has 0 aromatic heterocycles. The Morgan fingerprint density at radius 1 is 1.26 bits per heavy atom. The maximum absolute atomic E-state index is 11.8. The lowest BCUT2D eigenvalue weighted by molar-refractivity contribution is -0.136. The van der Waals surface area contributed by atoms with Crippen LogP contribution in [0, 0.1) is 6.92 Å². The van der Waals surface area contributed by atoms with Crippen LogP contribution < -0.4 is 10.6 Å². The third-order valence-electron chi connectivity index (χ3n) is 3.68. The van der Waals surface area contributed by atoms with Gasteiger partial charge in [0.25, 0.3) is 0 Å². The minimum absolute atomic E-state index is 0.471. The number of morpholine rings is 1. The molecule has 0 unspecified atom stereocenters. The van der Waals surface area contributed by atoms with Crippen LogP contribution in [0.2, 0.25) is 5.02 Å². The van der Waals surface area contributed by atoms with Gasteiger partial charge < -0.3 is 15.4 Å². The molecule has 0 saturated carbocycles. The van der Waals surface area contributed by atoms with Gasteiger partial charge in [0.15, 0.2) is 0 Å². The van der Waals surface area contributed by atoms with Crippen LogP contribution in [0.15, 0.2) is 18.2 Å². The van der Waals surface area contributed by atoms with Crippen molar-refractivity contribution in [3.8, 4) is 0 Å². The molecule has 1 fully saturated rings. The Labute approximate surface area is 141 Å². The molecular weight excluding hydrogens is 318 g/mol. The summed E-state index contributed by atoms with van der Waals surface area (Å²) in [6.45, 7) is 6.58. The summed E-state index contributed by atoms with van der Waals surface area (Å²) < 4.78 is 5.27.